The van der Waals surface area contributed by atoms with Gasteiger partial charge in [0.25, 0.3) is 5.92 Å². The second-order valence-corrected chi connectivity index (χ2v) is 9.13. The summed E-state index contributed by atoms with van der Waals surface area (Å²) in [6, 6.07) is 12.2. The highest BCUT2D eigenvalue weighted by Gasteiger charge is 2.43. The van der Waals surface area contributed by atoms with Crippen LogP contribution in [-0.4, -0.2) is 89.3 Å². The maximum atomic E-state index is 13.5. The number of aromatic nitrogens is 2. The van der Waals surface area contributed by atoms with E-state index in [0.717, 1.165) is 49.9 Å². The largest absolute Gasteiger partial charge is 0.354 e. The van der Waals surface area contributed by atoms with Gasteiger partial charge in [-0.25, -0.2) is 13.5 Å². The van der Waals surface area contributed by atoms with Crippen LogP contribution in [0.25, 0.3) is 5.69 Å². The number of benzene rings is 1. The quantitative estimate of drug-likeness (QED) is 0.781. The smallest absolute Gasteiger partial charge is 0.267 e. The number of likely N-dealkylation sites (tertiary alicyclic amines) is 1. The molecule has 0 aliphatic carbocycles. The molecule has 0 bridgehead atoms. The maximum Gasteiger partial charge on any atom is 0.267 e. The van der Waals surface area contributed by atoms with Crippen molar-refractivity contribution in [2.24, 2.45) is 0 Å². The minimum atomic E-state index is -2.74. The van der Waals surface area contributed by atoms with Crippen molar-refractivity contribution < 1.29 is 13.6 Å². The zero-order valence-corrected chi connectivity index (χ0v) is 18.4. The monoisotopic (exact) mass is 444 g/mol. The van der Waals surface area contributed by atoms with Gasteiger partial charge in [-0.05, 0) is 25.5 Å². The number of piperazine rings is 1. The van der Waals surface area contributed by atoms with Crippen molar-refractivity contribution in [2.45, 2.75) is 37.8 Å². The third-order valence-corrected chi connectivity index (χ3v) is 6.86. The van der Waals surface area contributed by atoms with E-state index >= 15 is 0 Å². The first-order valence-electron chi connectivity index (χ1n) is 11.4. The number of carbonyl (C=O) groups is 1. The van der Waals surface area contributed by atoms with Crippen molar-refractivity contribution in [1.29, 1.82) is 0 Å². The summed E-state index contributed by atoms with van der Waals surface area (Å²) in [6.07, 6.45) is 0.456. The highest BCUT2D eigenvalue weighted by Crippen LogP contribution is 2.29. The predicted octanol–water partition coefficient (Wildman–Crippen LogP) is 1.90. The molecule has 32 heavy (non-hydrogen) atoms. The summed E-state index contributed by atoms with van der Waals surface area (Å²) in [7, 11) is 0. The molecule has 2 atom stereocenters. The molecule has 1 amide bonds. The molecule has 2 aromatic rings. The molecule has 0 unspecified atom stereocenters. The second kappa shape index (κ2) is 8.44. The van der Waals surface area contributed by atoms with Gasteiger partial charge in [-0.1, -0.05) is 18.2 Å². The van der Waals surface area contributed by atoms with Crippen LogP contribution in [-0.2, 0) is 4.79 Å². The Hall–Kier alpha value is -2.52. The Balaban J connectivity index is 1.18. The van der Waals surface area contributed by atoms with Gasteiger partial charge in [0.05, 0.1) is 24.0 Å². The molecular formula is C23H30F2N6O. The van der Waals surface area contributed by atoms with E-state index in [0.29, 0.717) is 6.42 Å². The molecule has 1 N–H and O–H groups in total. The Kier molecular flexibility index (Phi) is 5.63. The highest BCUT2D eigenvalue weighted by atomic mass is 19.3. The van der Waals surface area contributed by atoms with Crippen LogP contribution >= 0.6 is 0 Å². The molecule has 7 nitrogen and oxygen atoms in total. The SMILES string of the molecule is Cc1cc(N2CCN([C@@H]3CN[C@H](C(=O)N4CCC(F)(F)C4)C3)CC2)n(-c2ccccc2)n1. The lowest BCUT2D eigenvalue weighted by Gasteiger charge is -2.38. The standard InChI is InChI=1S/C23H30F2N6O/c1-17-13-21(31(27-17)18-5-3-2-4-6-18)29-11-9-28(10-12-29)19-14-20(26-15-19)22(32)30-8-7-23(24,25)16-30/h2-6,13,19-20,26H,7-12,14-16H2,1H3/t19-,20-/m0/s1. The molecule has 0 spiro atoms. The van der Waals surface area contributed by atoms with Gasteiger partial charge in [0, 0.05) is 57.8 Å². The second-order valence-electron chi connectivity index (χ2n) is 9.13. The molecule has 3 aliphatic rings. The minimum Gasteiger partial charge on any atom is -0.354 e. The van der Waals surface area contributed by atoms with Crippen LogP contribution in [0.3, 0.4) is 0 Å². The van der Waals surface area contributed by atoms with Gasteiger partial charge in [0.2, 0.25) is 5.91 Å². The molecular weight excluding hydrogens is 414 g/mol. The molecule has 1 aromatic heterocycles. The van der Waals surface area contributed by atoms with Gasteiger partial charge in [-0.2, -0.15) is 5.10 Å². The molecule has 0 radical (unpaired) electrons. The van der Waals surface area contributed by atoms with Crippen molar-refractivity contribution >= 4 is 11.7 Å². The van der Waals surface area contributed by atoms with Crippen molar-refractivity contribution in [2.75, 3.05) is 50.7 Å². The van der Waals surface area contributed by atoms with Crippen molar-refractivity contribution in [3.05, 3.63) is 42.1 Å². The van der Waals surface area contributed by atoms with E-state index in [4.69, 9.17) is 0 Å². The van der Waals surface area contributed by atoms with E-state index in [1.807, 2.05) is 29.8 Å². The number of halogens is 2. The zero-order chi connectivity index (χ0) is 22.3. The summed E-state index contributed by atoms with van der Waals surface area (Å²) in [4.78, 5) is 18.8. The van der Waals surface area contributed by atoms with Gasteiger partial charge in [0.1, 0.15) is 5.82 Å². The molecule has 4 heterocycles. The van der Waals surface area contributed by atoms with Gasteiger partial charge in [0.15, 0.2) is 0 Å². The Morgan fingerprint density at radius 2 is 1.88 bits per heavy atom. The minimum absolute atomic E-state index is 0.155. The fourth-order valence-corrected chi connectivity index (χ4v) is 5.11. The third kappa shape index (κ3) is 4.23. The van der Waals surface area contributed by atoms with Crippen LogP contribution in [0.4, 0.5) is 14.6 Å². The van der Waals surface area contributed by atoms with E-state index in [1.54, 1.807) is 0 Å². The molecule has 9 heteroatoms. The topological polar surface area (TPSA) is 56.6 Å². The molecule has 3 aliphatic heterocycles. The number of anilines is 1. The lowest BCUT2D eigenvalue weighted by Crippen LogP contribution is -2.51. The first kappa shape index (κ1) is 21.3. The number of nitrogens with zero attached hydrogens (tertiary/aromatic N) is 5. The van der Waals surface area contributed by atoms with E-state index < -0.39 is 12.5 Å². The van der Waals surface area contributed by atoms with E-state index in [9.17, 15) is 13.6 Å². The number of alkyl halides is 2. The maximum absolute atomic E-state index is 13.5. The molecule has 1 aromatic carbocycles. The van der Waals surface area contributed by atoms with Gasteiger partial charge < -0.3 is 15.1 Å². The van der Waals surface area contributed by atoms with Crippen LogP contribution in [0.5, 0.6) is 0 Å². The molecule has 3 fully saturated rings. The number of amides is 1. The molecule has 0 saturated carbocycles. The fourth-order valence-electron chi connectivity index (χ4n) is 5.11. The average Bonchev–Trinajstić information content (AvgIpc) is 3.52. The molecule has 172 valence electrons. The summed E-state index contributed by atoms with van der Waals surface area (Å²) >= 11 is 0. The van der Waals surface area contributed by atoms with Crippen LogP contribution < -0.4 is 10.2 Å². The zero-order valence-electron chi connectivity index (χ0n) is 18.4. The molecule has 5 rings (SSSR count). The molecule has 3 saturated heterocycles. The van der Waals surface area contributed by atoms with Crippen LogP contribution in [0, 0.1) is 6.92 Å². The van der Waals surface area contributed by atoms with Gasteiger partial charge >= 0.3 is 0 Å². The van der Waals surface area contributed by atoms with Crippen LogP contribution in [0.1, 0.15) is 18.5 Å². The summed E-state index contributed by atoms with van der Waals surface area (Å²) in [6.45, 7) is 6.00. The number of hydrogen-bond acceptors (Lipinski definition) is 5. The van der Waals surface area contributed by atoms with Crippen molar-refractivity contribution in [3.8, 4) is 5.69 Å². The summed E-state index contributed by atoms with van der Waals surface area (Å²) < 4.78 is 29.0. The summed E-state index contributed by atoms with van der Waals surface area (Å²) in [5, 5.41) is 7.97. The van der Waals surface area contributed by atoms with Crippen molar-refractivity contribution in [1.82, 2.24) is 24.9 Å². The Morgan fingerprint density at radius 3 is 2.56 bits per heavy atom. The Labute approximate surface area is 187 Å². The first-order valence-corrected chi connectivity index (χ1v) is 11.4. The average molecular weight is 445 g/mol. The van der Waals surface area contributed by atoms with E-state index in [-0.39, 0.29) is 31.0 Å². The van der Waals surface area contributed by atoms with Gasteiger partial charge in [-0.3, -0.25) is 9.69 Å². The van der Waals surface area contributed by atoms with E-state index in [1.165, 1.54) is 4.90 Å². The highest BCUT2D eigenvalue weighted by molar-refractivity contribution is 5.82. The normalized spacial score (nSPS) is 26.1. The fraction of sp³-hybridized carbons (Fsp3) is 0.565. The van der Waals surface area contributed by atoms with Gasteiger partial charge in [-0.15, -0.1) is 0 Å². The number of hydrogen-bond donors (Lipinski definition) is 1. The number of nitrogens with one attached hydrogen (secondary N) is 1. The Morgan fingerprint density at radius 1 is 1.12 bits per heavy atom. The van der Waals surface area contributed by atoms with Crippen molar-refractivity contribution in [3.63, 3.8) is 0 Å². The number of carbonyl (C=O) groups excluding carboxylic acids is 1. The first-order chi connectivity index (χ1) is 15.4. The lowest BCUT2D eigenvalue weighted by atomic mass is 10.1. The third-order valence-electron chi connectivity index (χ3n) is 6.86. The lowest BCUT2D eigenvalue weighted by molar-refractivity contribution is -0.133. The summed E-state index contributed by atoms with van der Waals surface area (Å²) in [5.41, 5.74) is 2.03. The van der Waals surface area contributed by atoms with Crippen LogP contribution in [0.15, 0.2) is 36.4 Å². The predicted molar refractivity (Wildman–Crippen MR) is 118 cm³/mol. The number of para-hydroxylation sites is 1. The number of rotatable bonds is 4. The van der Waals surface area contributed by atoms with Crippen LogP contribution in [0.2, 0.25) is 0 Å². The Bertz CT molecular complexity index is 957. The summed E-state index contributed by atoms with van der Waals surface area (Å²) in [5.74, 6) is -1.82. The van der Waals surface area contributed by atoms with E-state index in [2.05, 4.69) is 38.4 Å². The number of aryl methyl sites for hydroxylation is 1.